The fourth-order valence-corrected chi connectivity index (χ4v) is 0.676. The van der Waals surface area contributed by atoms with Gasteiger partial charge in [0.05, 0.1) is 0 Å². The summed E-state index contributed by atoms with van der Waals surface area (Å²) in [4.78, 5) is 0. The van der Waals surface area contributed by atoms with Crippen LogP contribution in [-0.2, 0) is 0 Å². The number of H-pyrrole nitrogens is 1. The van der Waals surface area contributed by atoms with Crippen LogP contribution in [0.5, 0.6) is 0 Å². The number of aromatic amines is 1. The van der Waals surface area contributed by atoms with E-state index in [9.17, 15) is 0 Å². The highest BCUT2D eigenvalue weighted by Crippen LogP contribution is 2.13. The van der Waals surface area contributed by atoms with Gasteiger partial charge in [-0.05, 0) is 0 Å². The summed E-state index contributed by atoms with van der Waals surface area (Å²) in [5.41, 5.74) is 5.57. The predicted molar refractivity (Wildman–Crippen MR) is 35.0 cm³/mol. The monoisotopic (exact) mass is 140 g/mol. The molecule has 0 fully saturated rings. The average Bonchev–Trinajstić information content (AvgIpc) is 2.12. The minimum atomic E-state index is 0.266. The fourth-order valence-electron chi connectivity index (χ4n) is 0.456. The number of nitriles is 1. The molecule has 0 aliphatic rings. The van der Waals surface area contributed by atoms with E-state index in [1.807, 2.05) is 6.07 Å². The molecule has 0 aliphatic carbocycles. The molecular weight excluding hydrogens is 136 g/mol. The lowest BCUT2D eigenvalue weighted by molar-refractivity contribution is 1.01. The van der Waals surface area contributed by atoms with E-state index in [0.29, 0.717) is 10.6 Å². The number of nitrogen functional groups attached to an aromatic ring is 1. The van der Waals surface area contributed by atoms with Gasteiger partial charge in [0.2, 0.25) is 0 Å². The van der Waals surface area contributed by atoms with Gasteiger partial charge in [0.25, 0.3) is 0 Å². The SMILES string of the molecule is N#Cc1c(S)n[nH]c1N. The third-order valence-corrected chi connectivity index (χ3v) is 1.21. The molecule has 1 rings (SSSR count). The Morgan fingerprint density at radius 2 is 2.44 bits per heavy atom. The normalized spacial score (nSPS) is 8.89. The van der Waals surface area contributed by atoms with Crippen LogP contribution in [0.4, 0.5) is 5.82 Å². The Hall–Kier alpha value is -1.15. The molecule has 1 aromatic rings. The molecule has 0 aromatic carbocycles. The van der Waals surface area contributed by atoms with Crippen LogP contribution in [0.2, 0.25) is 0 Å². The topological polar surface area (TPSA) is 78.5 Å². The van der Waals surface area contributed by atoms with E-state index in [2.05, 4.69) is 22.8 Å². The summed E-state index contributed by atoms with van der Waals surface area (Å²) < 4.78 is 0. The van der Waals surface area contributed by atoms with Crippen LogP contribution in [0.3, 0.4) is 0 Å². The molecule has 1 aromatic heterocycles. The van der Waals surface area contributed by atoms with Crippen LogP contribution in [0.25, 0.3) is 0 Å². The lowest BCUT2D eigenvalue weighted by atomic mass is 10.4. The second kappa shape index (κ2) is 1.99. The van der Waals surface area contributed by atoms with Crippen LogP contribution in [0, 0.1) is 11.3 Å². The maximum absolute atomic E-state index is 8.35. The Morgan fingerprint density at radius 1 is 1.78 bits per heavy atom. The molecule has 0 radical (unpaired) electrons. The third kappa shape index (κ3) is 0.840. The molecule has 0 saturated carbocycles. The number of nitrogens with one attached hydrogen (secondary N) is 1. The van der Waals surface area contributed by atoms with Crippen LogP contribution in [0.15, 0.2) is 5.03 Å². The molecule has 0 aliphatic heterocycles. The van der Waals surface area contributed by atoms with Gasteiger partial charge in [-0.1, -0.05) is 0 Å². The Labute approximate surface area is 57.1 Å². The highest BCUT2D eigenvalue weighted by molar-refractivity contribution is 7.80. The Morgan fingerprint density at radius 3 is 2.67 bits per heavy atom. The molecule has 0 amide bonds. The van der Waals surface area contributed by atoms with Crippen LogP contribution >= 0.6 is 12.6 Å². The molecule has 0 bridgehead atoms. The van der Waals surface area contributed by atoms with Crippen molar-refractivity contribution in [2.75, 3.05) is 5.73 Å². The first-order valence-electron chi connectivity index (χ1n) is 2.18. The van der Waals surface area contributed by atoms with Crippen molar-refractivity contribution >= 4 is 18.4 Å². The van der Waals surface area contributed by atoms with E-state index in [4.69, 9.17) is 11.0 Å². The van der Waals surface area contributed by atoms with E-state index in [-0.39, 0.29) is 5.82 Å². The first-order chi connectivity index (χ1) is 4.25. The number of nitrogens with two attached hydrogens (primary N) is 1. The largest absolute Gasteiger partial charge is 0.383 e. The van der Waals surface area contributed by atoms with Gasteiger partial charge in [0.1, 0.15) is 22.5 Å². The van der Waals surface area contributed by atoms with Crippen LogP contribution in [-0.4, -0.2) is 10.2 Å². The van der Waals surface area contributed by atoms with Crippen molar-refractivity contribution in [2.45, 2.75) is 5.03 Å². The molecule has 9 heavy (non-hydrogen) atoms. The van der Waals surface area contributed by atoms with Crippen molar-refractivity contribution in [1.82, 2.24) is 10.2 Å². The van der Waals surface area contributed by atoms with E-state index in [0.717, 1.165) is 0 Å². The van der Waals surface area contributed by atoms with Crippen LogP contribution in [0.1, 0.15) is 5.56 Å². The Balaban J connectivity index is 3.27. The highest BCUT2D eigenvalue weighted by Gasteiger charge is 2.04. The van der Waals surface area contributed by atoms with E-state index >= 15 is 0 Å². The minimum absolute atomic E-state index is 0.266. The second-order valence-corrected chi connectivity index (χ2v) is 1.87. The predicted octanol–water partition coefficient (Wildman–Crippen LogP) is 0.152. The zero-order valence-corrected chi connectivity index (χ0v) is 5.31. The number of nitrogens with zero attached hydrogens (tertiary/aromatic N) is 2. The molecule has 1 heterocycles. The van der Waals surface area contributed by atoms with Gasteiger partial charge in [-0.2, -0.15) is 10.4 Å². The zero-order chi connectivity index (χ0) is 6.85. The van der Waals surface area contributed by atoms with Gasteiger partial charge < -0.3 is 5.73 Å². The maximum Gasteiger partial charge on any atom is 0.138 e. The zero-order valence-electron chi connectivity index (χ0n) is 4.42. The highest BCUT2D eigenvalue weighted by atomic mass is 32.1. The lowest BCUT2D eigenvalue weighted by Crippen LogP contribution is -1.86. The van der Waals surface area contributed by atoms with Crippen molar-refractivity contribution in [3.05, 3.63) is 5.56 Å². The second-order valence-electron chi connectivity index (χ2n) is 1.45. The summed E-state index contributed by atoms with van der Waals surface area (Å²) >= 11 is 3.85. The maximum atomic E-state index is 8.35. The Bertz CT molecular complexity index is 239. The summed E-state index contributed by atoms with van der Waals surface area (Å²) in [7, 11) is 0. The summed E-state index contributed by atoms with van der Waals surface area (Å²) in [5, 5.41) is 14.7. The molecule has 0 saturated heterocycles. The lowest BCUT2D eigenvalue weighted by Gasteiger charge is -1.80. The van der Waals surface area contributed by atoms with Crippen molar-refractivity contribution in [1.29, 1.82) is 5.26 Å². The number of thiol groups is 1. The number of rotatable bonds is 0. The molecule has 5 heteroatoms. The van der Waals surface area contributed by atoms with Gasteiger partial charge in [0.15, 0.2) is 0 Å². The smallest absolute Gasteiger partial charge is 0.138 e. The van der Waals surface area contributed by atoms with Crippen molar-refractivity contribution < 1.29 is 0 Å². The van der Waals surface area contributed by atoms with Gasteiger partial charge in [0, 0.05) is 0 Å². The van der Waals surface area contributed by atoms with Gasteiger partial charge in [-0.15, -0.1) is 12.6 Å². The van der Waals surface area contributed by atoms with E-state index in [1.54, 1.807) is 0 Å². The number of anilines is 1. The van der Waals surface area contributed by atoms with Crippen molar-refractivity contribution in [2.24, 2.45) is 0 Å². The summed E-state index contributed by atoms with van der Waals surface area (Å²) in [6, 6.07) is 1.85. The molecule has 4 nitrogen and oxygen atoms in total. The molecule has 0 spiro atoms. The Kier molecular flexibility index (Phi) is 1.32. The molecule has 0 atom stereocenters. The average molecular weight is 140 g/mol. The third-order valence-electron chi connectivity index (χ3n) is 0.887. The first-order valence-corrected chi connectivity index (χ1v) is 2.63. The van der Waals surface area contributed by atoms with E-state index < -0.39 is 0 Å². The van der Waals surface area contributed by atoms with Gasteiger partial charge >= 0.3 is 0 Å². The molecular formula is C4H4N4S. The minimum Gasteiger partial charge on any atom is -0.383 e. The molecule has 46 valence electrons. The number of aromatic nitrogens is 2. The number of hydrogen-bond acceptors (Lipinski definition) is 4. The quantitative estimate of drug-likeness (QED) is 0.449. The molecule has 0 unspecified atom stereocenters. The number of hydrogen-bond donors (Lipinski definition) is 3. The van der Waals surface area contributed by atoms with Crippen molar-refractivity contribution in [3.63, 3.8) is 0 Å². The summed E-state index contributed by atoms with van der Waals surface area (Å²) in [6.45, 7) is 0. The summed E-state index contributed by atoms with van der Waals surface area (Å²) in [5.74, 6) is 0.266. The van der Waals surface area contributed by atoms with Crippen LogP contribution < -0.4 is 5.73 Å². The van der Waals surface area contributed by atoms with Crippen molar-refractivity contribution in [3.8, 4) is 6.07 Å². The first kappa shape index (κ1) is 5.98. The van der Waals surface area contributed by atoms with Gasteiger partial charge in [-0.25, -0.2) is 0 Å². The standard InChI is InChI=1S/C4H4N4S/c5-1-2-3(6)7-8-4(2)9/h(H4,6,7,8,9). The fraction of sp³-hybridized carbons (Fsp3) is 0. The van der Waals surface area contributed by atoms with Gasteiger partial charge in [-0.3, -0.25) is 5.10 Å². The molecule has 3 N–H and O–H groups in total. The summed E-state index contributed by atoms with van der Waals surface area (Å²) in [6.07, 6.45) is 0. The van der Waals surface area contributed by atoms with E-state index in [1.165, 1.54) is 0 Å².